The third-order valence-electron chi connectivity index (χ3n) is 5.07. The van der Waals surface area contributed by atoms with Gasteiger partial charge in [0.05, 0.1) is 19.4 Å². The van der Waals surface area contributed by atoms with Crippen molar-refractivity contribution in [2.45, 2.75) is 40.0 Å². The Balaban J connectivity index is 1.96. The fraction of sp³-hybridized carbons (Fsp3) is 0.375. The van der Waals surface area contributed by atoms with E-state index in [-0.39, 0.29) is 24.7 Å². The molecule has 0 bridgehead atoms. The van der Waals surface area contributed by atoms with E-state index in [1.807, 2.05) is 26.8 Å². The van der Waals surface area contributed by atoms with Crippen LogP contribution in [-0.2, 0) is 9.59 Å². The van der Waals surface area contributed by atoms with Crippen molar-refractivity contribution in [3.05, 3.63) is 54.0 Å². The molecule has 33 heavy (non-hydrogen) atoms. The van der Waals surface area contributed by atoms with Crippen molar-refractivity contribution in [1.29, 1.82) is 0 Å². The van der Waals surface area contributed by atoms with Gasteiger partial charge >= 0.3 is 5.97 Å². The van der Waals surface area contributed by atoms with Crippen LogP contribution in [0.25, 0.3) is 11.1 Å². The number of benzene rings is 1. The molecule has 2 aromatic heterocycles. The summed E-state index contributed by atoms with van der Waals surface area (Å²) in [5.41, 5.74) is 1.47. The molecule has 1 aromatic carbocycles. The van der Waals surface area contributed by atoms with Crippen LogP contribution in [-0.4, -0.2) is 45.8 Å². The highest BCUT2D eigenvalue weighted by molar-refractivity contribution is 5.85. The number of ketones is 1. The predicted octanol–water partition coefficient (Wildman–Crippen LogP) is 4.05. The monoisotopic (exact) mass is 453 g/mol. The third-order valence-corrected chi connectivity index (χ3v) is 5.07. The Bertz CT molecular complexity index is 1150. The van der Waals surface area contributed by atoms with Crippen molar-refractivity contribution in [1.82, 2.24) is 15.2 Å². The summed E-state index contributed by atoms with van der Waals surface area (Å²) in [6.45, 7) is 7.11. The summed E-state index contributed by atoms with van der Waals surface area (Å²) in [7, 11) is 1.55. The van der Waals surface area contributed by atoms with Crippen molar-refractivity contribution < 1.29 is 28.6 Å². The zero-order valence-corrected chi connectivity index (χ0v) is 19.3. The van der Waals surface area contributed by atoms with E-state index in [4.69, 9.17) is 13.9 Å². The number of carbonyl (C=O) groups excluding carboxylic acids is 1. The molecular weight excluding hydrogens is 426 g/mol. The Hall–Kier alpha value is -3.75. The quantitative estimate of drug-likeness (QED) is 0.511. The number of hydrogen-bond donors (Lipinski definition) is 1. The van der Waals surface area contributed by atoms with Gasteiger partial charge in [0.2, 0.25) is 11.8 Å². The van der Waals surface area contributed by atoms with Gasteiger partial charge in [-0.05, 0) is 29.8 Å². The second-order valence-corrected chi connectivity index (χ2v) is 8.64. The lowest BCUT2D eigenvalue weighted by molar-refractivity contribution is -0.137. The summed E-state index contributed by atoms with van der Waals surface area (Å²) in [4.78, 5) is 28.0. The second kappa shape index (κ2) is 9.81. The molecule has 3 rings (SSSR count). The van der Waals surface area contributed by atoms with Gasteiger partial charge in [-0.15, -0.1) is 10.2 Å². The predicted molar refractivity (Wildman–Crippen MR) is 119 cm³/mol. The minimum Gasteiger partial charge on any atom is -0.496 e. The van der Waals surface area contributed by atoms with E-state index in [1.54, 1.807) is 44.6 Å². The van der Waals surface area contributed by atoms with Crippen molar-refractivity contribution in [2.24, 2.45) is 5.41 Å². The fourth-order valence-corrected chi connectivity index (χ4v) is 3.14. The SMILES string of the molecule is COc1ccc(OCC(=O)C(C)(C)C)cc1-c1cncc(C(CC(=O)O)c2nnc(C)o2)c1. The maximum atomic E-state index is 12.2. The molecule has 0 fully saturated rings. The molecule has 1 atom stereocenters. The average molecular weight is 453 g/mol. The number of Topliss-reactive ketones (excluding diaryl/α,β-unsaturated/α-hetero) is 1. The van der Waals surface area contributed by atoms with E-state index in [9.17, 15) is 14.7 Å². The average Bonchev–Trinajstić information content (AvgIpc) is 3.20. The molecule has 0 aliphatic rings. The first-order valence-corrected chi connectivity index (χ1v) is 10.4. The lowest BCUT2D eigenvalue weighted by atomic mass is 9.91. The molecule has 0 saturated carbocycles. The Morgan fingerprint density at radius 3 is 2.52 bits per heavy atom. The molecule has 0 radical (unpaired) electrons. The van der Waals surface area contributed by atoms with E-state index >= 15 is 0 Å². The van der Waals surface area contributed by atoms with E-state index in [0.29, 0.717) is 34.1 Å². The molecule has 0 spiro atoms. The van der Waals surface area contributed by atoms with Gasteiger partial charge in [0.25, 0.3) is 0 Å². The van der Waals surface area contributed by atoms with Gasteiger partial charge in [-0.3, -0.25) is 14.6 Å². The number of carbonyl (C=O) groups is 2. The van der Waals surface area contributed by atoms with E-state index < -0.39 is 17.3 Å². The summed E-state index contributed by atoms with van der Waals surface area (Å²) in [5.74, 6) is -0.0478. The number of aromatic nitrogens is 3. The number of pyridine rings is 1. The summed E-state index contributed by atoms with van der Waals surface area (Å²) >= 11 is 0. The molecule has 3 aromatic rings. The van der Waals surface area contributed by atoms with Gasteiger partial charge < -0.3 is 19.0 Å². The van der Waals surface area contributed by atoms with E-state index in [0.717, 1.165) is 0 Å². The molecule has 1 unspecified atom stereocenters. The van der Waals surface area contributed by atoms with Crippen LogP contribution in [0.4, 0.5) is 0 Å². The molecule has 174 valence electrons. The summed E-state index contributed by atoms with van der Waals surface area (Å²) in [6.07, 6.45) is 2.98. The Kier molecular flexibility index (Phi) is 7.10. The maximum Gasteiger partial charge on any atom is 0.304 e. The molecule has 2 heterocycles. The van der Waals surface area contributed by atoms with Crippen molar-refractivity contribution in [2.75, 3.05) is 13.7 Å². The van der Waals surface area contributed by atoms with Crippen LogP contribution in [0.5, 0.6) is 11.5 Å². The Morgan fingerprint density at radius 1 is 1.15 bits per heavy atom. The van der Waals surface area contributed by atoms with Gasteiger partial charge in [-0.1, -0.05) is 20.8 Å². The summed E-state index contributed by atoms with van der Waals surface area (Å²) < 4.78 is 16.7. The Labute approximate surface area is 191 Å². The highest BCUT2D eigenvalue weighted by atomic mass is 16.5. The second-order valence-electron chi connectivity index (χ2n) is 8.64. The van der Waals surface area contributed by atoms with Crippen LogP contribution in [0.3, 0.4) is 0 Å². The fourth-order valence-electron chi connectivity index (χ4n) is 3.14. The van der Waals surface area contributed by atoms with E-state index in [2.05, 4.69) is 15.2 Å². The molecule has 1 N–H and O–H groups in total. The smallest absolute Gasteiger partial charge is 0.304 e. The lowest BCUT2D eigenvalue weighted by Gasteiger charge is -2.18. The minimum absolute atomic E-state index is 0.0186. The van der Waals surface area contributed by atoms with Crippen LogP contribution in [0.2, 0.25) is 0 Å². The molecule has 0 amide bonds. The number of rotatable bonds is 9. The van der Waals surface area contributed by atoms with Crippen LogP contribution in [0.1, 0.15) is 50.5 Å². The minimum atomic E-state index is -1.00. The topological polar surface area (TPSA) is 125 Å². The first-order valence-electron chi connectivity index (χ1n) is 10.4. The number of carboxylic acids is 1. The number of aliphatic carboxylic acids is 1. The van der Waals surface area contributed by atoms with Gasteiger partial charge in [0, 0.05) is 35.9 Å². The number of carboxylic acid groups (broad SMARTS) is 1. The number of hydrogen-bond acceptors (Lipinski definition) is 8. The molecule has 0 aliphatic heterocycles. The standard InChI is InChI=1S/C24H27N3O6/c1-14-26-27-23(33-14)19(10-22(29)30)16-8-15(11-25-12-16)18-9-17(6-7-20(18)31-5)32-13-21(28)24(2,3)4/h6-9,11-12,19H,10,13H2,1-5H3,(H,29,30). The van der Waals surface area contributed by atoms with Crippen molar-refractivity contribution in [3.8, 4) is 22.6 Å². The van der Waals surface area contributed by atoms with Crippen molar-refractivity contribution in [3.63, 3.8) is 0 Å². The number of ether oxygens (including phenoxy) is 2. The van der Waals surface area contributed by atoms with Crippen LogP contribution in [0, 0.1) is 12.3 Å². The largest absolute Gasteiger partial charge is 0.496 e. The lowest BCUT2D eigenvalue weighted by Crippen LogP contribution is -2.26. The third kappa shape index (κ3) is 5.94. The maximum absolute atomic E-state index is 12.2. The normalized spacial score (nSPS) is 12.3. The van der Waals surface area contributed by atoms with Crippen molar-refractivity contribution >= 4 is 11.8 Å². The van der Waals surface area contributed by atoms with Gasteiger partial charge in [-0.25, -0.2) is 0 Å². The molecule has 0 aliphatic carbocycles. The first-order chi connectivity index (χ1) is 15.6. The zero-order chi connectivity index (χ0) is 24.2. The Morgan fingerprint density at radius 2 is 1.91 bits per heavy atom. The van der Waals surface area contributed by atoms with E-state index in [1.165, 1.54) is 0 Å². The molecule has 9 heteroatoms. The zero-order valence-electron chi connectivity index (χ0n) is 19.3. The summed E-state index contributed by atoms with van der Waals surface area (Å²) in [5, 5.41) is 17.2. The van der Waals surface area contributed by atoms with Gasteiger partial charge in [-0.2, -0.15) is 0 Å². The molecule has 9 nitrogen and oxygen atoms in total. The highest BCUT2D eigenvalue weighted by Gasteiger charge is 2.25. The van der Waals surface area contributed by atoms with Gasteiger partial charge in [0.15, 0.2) is 5.78 Å². The number of nitrogens with zero attached hydrogens (tertiary/aromatic N) is 3. The van der Waals surface area contributed by atoms with Crippen LogP contribution in [0.15, 0.2) is 41.1 Å². The number of methoxy groups -OCH3 is 1. The highest BCUT2D eigenvalue weighted by Crippen LogP contribution is 2.36. The van der Waals surface area contributed by atoms with Crippen LogP contribution >= 0.6 is 0 Å². The molecular formula is C24H27N3O6. The van der Waals surface area contributed by atoms with Crippen LogP contribution < -0.4 is 9.47 Å². The molecule has 0 saturated heterocycles. The first kappa shape index (κ1) is 23.9. The summed E-state index contributed by atoms with van der Waals surface area (Å²) in [6, 6.07) is 7.04. The van der Waals surface area contributed by atoms with Gasteiger partial charge in [0.1, 0.15) is 18.1 Å². The number of aryl methyl sites for hydroxylation is 1.